The molecule has 1 aliphatic heterocycles. The molecule has 0 saturated heterocycles. The fourth-order valence-electron chi connectivity index (χ4n) is 2.76. The number of hydrogen-bond acceptors (Lipinski definition) is 4. The summed E-state index contributed by atoms with van der Waals surface area (Å²) in [6.45, 7) is 1.95. The predicted molar refractivity (Wildman–Crippen MR) is 96.5 cm³/mol. The van der Waals surface area contributed by atoms with Gasteiger partial charge in [-0.05, 0) is 42.3 Å². The second-order valence-electron chi connectivity index (χ2n) is 6.07. The maximum absolute atomic E-state index is 12.0. The van der Waals surface area contributed by atoms with E-state index in [-0.39, 0.29) is 5.91 Å². The minimum absolute atomic E-state index is 0.0114. The van der Waals surface area contributed by atoms with E-state index in [1.807, 2.05) is 43.3 Å². The number of benzene rings is 1. The summed E-state index contributed by atoms with van der Waals surface area (Å²) < 4.78 is 0. The highest BCUT2D eigenvalue weighted by Gasteiger charge is 2.19. The molecule has 122 valence electrons. The number of carbonyl (C=O) groups excluding carboxylic acids is 1. The van der Waals surface area contributed by atoms with Crippen LogP contribution < -0.4 is 5.73 Å². The minimum Gasteiger partial charge on any atom is -0.387 e. The lowest BCUT2D eigenvalue weighted by Crippen LogP contribution is -2.21. The van der Waals surface area contributed by atoms with Crippen LogP contribution in [0.4, 0.5) is 0 Å². The van der Waals surface area contributed by atoms with Gasteiger partial charge in [-0.1, -0.05) is 12.1 Å². The molecule has 1 aromatic carbocycles. The average molecular weight is 320 g/mol. The highest BCUT2D eigenvalue weighted by molar-refractivity contribution is 6.08. The lowest BCUT2D eigenvalue weighted by Gasteiger charge is -2.11. The van der Waals surface area contributed by atoms with Gasteiger partial charge in [-0.25, -0.2) is 4.99 Å². The smallest absolute Gasteiger partial charge is 0.253 e. The first-order valence-corrected chi connectivity index (χ1v) is 7.77. The van der Waals surface area contributed by atoms with Crippen molar-refractivity contribution in [2.75, 3.05) is 14.1 Å². The number of amides is 1. The number of hydrogen-bond donors (Lipinski definition) is 1. The van der Waals surface area contributed by atoms with Gasteiger partial charge in [0.1, 0.15) is 5.84 Å². The monoisotopic (exact) mass is 320 g/mol. The molecular weight excluding hydrogens is 300 g/mol. The fraction of sp³-hybridized carbons (Fsp3) is 0.211. The summed E-state index contributed by atoms with van der Waals surface area (Å²) in [5, 5.41) is 0. The zero-order valence-corrected chi connectivity index (χ0v) is 14.1. The number of pyridine rings is 1. The first-order valence-electron chi connectivity index (χ1n) is 7.77. The number of amidine groups is 1. The van der Waals surface area contributed by atoms with Gasteiger partial charge in [0.05, 0.1) is 5.70 Å². The Morgan fingerprint density at radius 1 is 1.12 bits per heavy atom. The van der Waals surface area contributed by atoms with Gasteiger partial charge in [0, 0.05) is 43.5 Å². The summed E-state index contributed by atoms with van der Waals surface area (Å²) in [6.07, 6.45) is 2.38. The summed E-state index contributed by atoms with van der Waals surface area (Å²) in [5.41, 5.74) is 11.6. The summed E-state index contributed by atoms with van der Waals surface area (Å²) in [5.74, 6) is 0.589. The first-order chi connectivity index (χ1) is 11.5. The normalized spacial score (nSPS) is 13.9. The third-order valence-electron chi connectivity index (χ3n) is 3.96. The van der Waals surface area contributed by atoms with Crippen LogP contribution in [-0.4, -0.2) is 35.7 Å². The molecule has 2 aromatic rings. The van der Waals surface area contributed by atoms with Gasteiger partial charge >= 0.3 is 0 Å². The van der Waals surface area contributed by atoms with E-state index in [4.69, 9.17) is 5.73 Å². The Bertz CT molecular complexity index is 848. The number of rotatable bonds is 3. The SMILES string of the molecule is Cc1cc(C2=C(c3ccc(C(=O)N(C)C)cc3)CC(N)=N2)ccn1. The summed E-state index contributed by atoms with van der Waals surface area (Å²) >= 11 is 0. The van der Waals surface area contributed by atoms with Crippen LogP contribution in [0.2, 0.25) is 0 Å². The molecule has 0 spiro atoms. The molecule has 0 bridgehead atoms. The van der Waals surface area contributed by atoms with Gasteiger partial charge in [-0.2, -0.15) is 0 Å². The molecule has 2 N–H and O–H groups in total. The molecule has 5 heteroatoms. The lowest BCUT2D eigenvalue weighted by atomic mass is 9.98. The number of aliphatic imine (C=N–C) groups is 1. The molecule has 5 nitrogen and oxygen atoms in total. The van der Waals surface area contributed by atoms with Crippen LogP contribution in [0.25, 0.3) is 11.3 Å². The van der Waals surface area contributed by atoms with E-state index in [0.29, 0.717) is 17.8 Å². The Balaban J connectivity index is 2.00. The molecule has 0 saturated carbocycles. The van der Waals surface area contributed by atoms with Gasteiger partial charge < -0.3 is 10.6 Å². The Morgan fingerprint density at radius 2 is 1.83 bits per heavy atom. The number of carbonyl (C=O) groups is 1. The van der Waals surface area contributed by atoms with Crippen molar-refractivity contribution in [1.82, 2.24) is 9.88 Å². The van der Waals surface area contributed by atoms with E-state index >= 15 is 0 Å². The topological polar surface area (TPSA) is 71.6 Å². The highest BCUT2D eigenvalue weighted by Crippen LogP contribution is 2.34. The molecule has 0 radical (unpaired) electrons. The summed E-state index contributed by atoms with van der Waals surface area (Å²) in [6, 6.07) is 11.5. The van der Waals surface area contributed by atoms with Crippen molar-refractivity contribution in [2.24, 2.45) is 10.7 Å². The van der Waals surface area contributed by atoms with Crippen LogP contribution in [0.5, 0.6) is 0 Å². The first kappa shape index (κ1) is 15.9. The zero-order valence-electron chi connectivity index (χ0n) is 14.1. The minimum atomic E-state index is -0.0114. The molecule has 0 unspecified atom stereocenters. The summed E-state index contributed by atoms with van der Waals surface area (Å²) in [4.78, 5) is 22.3. The Morgan fingerprint density at radius 3 is 2.46 bits per heavy atom. The molecule has 1 amide bonds. The molecular formula is C19H20N4O. The number of aromatic nitrogens is 1. The molecule has 0 fully saturated rings. The molecule has 1 aliphatic rings. The van der Waals surface area contributed by atoms with Crippen molar-refractivity contribution in [3.05, 3.63) is 65.0 Å². The highest BCUT2D eigenvalue weighted by atomic mass is 16.2. The van der Waals surface area contributed by atoms with E-state index in [1.165, 1.54) is 0 Å². The predicted octanol–water partition coefficient (Wildman–Crippen LogP) is 2.72. The molecule has 3 rings (SSSR count). The second kappa shape index (κ2) is 6.28. The van der Waals surface area contributed by atoms with Crippen molar-refractivity contribution in [2.45, 2.75) is 13.3 Å². The fourth-order valence-corrected chi connectivity index (χ4v) is 2.76. The Kier molecular flexibility index (Phi) is 4.16. The summed E-state index contributed by atoms with van der Waals surface area (Å²) in [7, 11) is 3.49. The van der Waals surface area contributed by atoms with E-state index in [9.17, 15) is 4.79 Å². The molecule has 2 heterocycles. The van der Waals surface area contributed by atoms with Crippen LogP contribution in [0.1, 0.15) is 33.6 Å². The van der Waals surface area contributed by atoms with Gasteiger partial charge in [-0.3, -0.25) is 9.78 Å². The molecule has 0 atom stereocenters. The molecule has 1 aromatic heterocycles. The van der Waals surface area contributed by atoms with Crippen molar-refractivity contribution >= 4 is 23.0 Å². The zero-order chi connectivity index (χ0) is 17.3. The Hall–Kier alpha value is -2.95. The quantitative estimate of drug-likeness (QED) is 0.945. The van der Waals surface area contributed by atoms with Crippen LogP contribution in [0.3, 0.4) is 0 Å². The van der Waals surface area contributed by atoms with E-state index in [0.717, 1.165) is 28.1 Å². The number of aryl methyl sites for hydroxylation is 1. The molecule has 0 aliphatic carbocycles. The second-order valence-corrected chi connectivity index (χ2v) is 6.07. The van der Waals surface area contributed by atoms with Gasteiger partial charge in [-0.15, -0.1) is 0 Å². The van der Waals surface area contributed by atoms with Crippen molar-refractivity contribution in [3.8, 4) is 0 Å². The average Bonchev–Trinajstić information content (AvgIpc) is 2.96. The number of nitrogens with zero attached hydrogens (tertiary/aromatic N) is 3. The van der Waals surface area contributed by atoms with E-state index in [1.54, 1.807) is 25.2 Å². The van der Waals surface area contributed by atoms with Crippen LogP contribution >= 0.6 is 0 Å². The standard InChI is InChI=1S/C19H20N4O/c1-12-10-15(8-9-21-12)18-16(11-17(20)22-18)13-4-6-14(7-5-13)19(24)23(2)3/h4-10H,11H2,1-3H3,(H2,20,22). The van der Waals surface area contributed by atoms with Crippen LogP contribution in [-0.2, 0) is 0 Å². The maximum Gasteiger partial charge on any atom is 0.253 e. The van der Waals surface area contributed by atoms with Gasteiger partial charge in [0.2, 0.25) is 0 Å². The van der Waals surface area contributed by atoms with Crippen LogP contribution in [0.15, 0.2) is 47.6 Å². The number of nitrogens with two attached hydrogens (primary N) is 1. The Labute approximate surface area is 141 Å². The molecule has 24 heavy (non-hydrogen) atoms. The van der Waals surface area contributed by atoms with E-state index < -0.39 is 0 Å². The van der Waals surface area contributed by atoms with Crippen molar-refractivity contribution < 1.29 is 4.79 Å². The van der Waals surface area contributed by atoms with Gasteiger partial charge in [0.15, 0.2) is 0 Å². The lowest BCUT2D eigenvalue weighted by molar-refractivity contribution is 0.0827. The van der Waals surface area contributed by atoms with Gasteiger partial charge in [0.25, 0.3) is 5.91 Å². The third kappa shape index (κ3) is 3.06. The van der Waals surface area contributed by atoms with Crippen molar-refractivity contribution in [3.63, 3.8) is 0 Å². The van der Waals surface area contributed by atoms with E-state index in [2.05, 4.69) is 9.98 Å². The maximum atomic E-state index is 12.0. The van der Waals surface area contributed by atoms with Crippen LogP contribution in [0, 0.1) is 6.92 Å². The third-order valence-corrected chi connectivity index (χ3v) is 3.96. The van der Waals surface area contributed by atoms with Crippen molar-refractivity contribution in [1.29, 1.82) is 0 Å². The largest absolute Gasteiger partial charge is 0.387 e.